The first-order chi connectivity index (χ1) is 20.9. The largest absolute Gasteiger partial charge is 0.497 e. The molecule has 1 saturated heterocycles. The SMILES string of the molecule is COc1ccc(CNc2cc(COS(C)(=O)=O)c3cc(C(=O)N4CCCCC4c4ccc(C(F)(F)F)cc4)ccc3n2)cc1. The zero-order chi connectivity index (χ0) is 31.5. The Morgan fingerprint density at radius 1 is 1.02 bits per heavy atom. The van der Waals surface area contributed by atoms with Crippen molar-refractivity contribution in [1.29, 1.82) is 0 Å². The number of likely N-dealkylation sites (tertiary alicyclic amines) is 1. The number of anilines is 1. The molecule has 1 fully saturated rings. The summed E-state index contributed by atoms with van der Waals surface area (Å²) in [6.45, 7) is 0.648. The van der Waals surface area contributed by atoms with Gasteiger partial charge in [0.05, 0.1) is 37.1 Å². The van der Waals surface area contributed by atoms with Crippen molar-refractivity contribution in [2.24, 2.45) is 0 Å². The van der Waals surface area contributed by atoms with E-state index in [9.17, 15) is 26.4 Å². The molecule has 4 aromatic rings. The van der Waals surface area contributed by atoms with Gasteiger partial charge in [-0.1, -0.05) is 24.3 Å². The number of nitrogens with zero attached hydrogens (tertiary/aromatic N) is 2. The molecule has 0 spiro atoms. The molecule has 1 aliphatic rings. The van der Waals surface area contributed by atoms with Crippen LogP contribution in [0.5, 0.6) is 5.75 Å². The molecule has 5 rings (SSSR count). The Morgan fingerprint density at radius 2 is 1.75 bits per heavy atom. The second kappa shape index (κ2) is 12.8. The first kappa shape index (κ1) is 31.3. The Kier molecular flexibility index (Phi) is 9.12. The minimum Gasteiger partial charge on any atom is -0.497 e. The molecule has 0 aliphatic carbocycles. The molecule has 1 aromatic heterocycles. The highest BCUT2D eigenvalue weighted by atomic mass is 32.2. The molecule has 0 bridgehead atoms. The van der Waals surface area contributed by atoms with Gasteiger partial charge in [-0.05, 0) is 84.5 Å². The van der Waals surface area contributed by atoms with Crippen molar-refractivity contribution in [2.75, 3.05) is 25.2 Å². The number of nitrogens with one attached hydrogen (secondary N) is 1. The minimum absolute atomic E-state index is 0.259. The van der Waals surface area contributed by atoms with Crippen molar-refractivity contribution >= 4 is 32.7 Å². The molecule has 12 heteroatoms. The topological polar surface area (TPSA) is 97.8 Å². The van der Waals surface area contributed by atoms with Crippen LogP contribution in [0.1, 0.15) is 57.9 Å². The normalized spacial score (nSPS) is 15.8. The van der Waals surface area contributed by atoms with Crippen LogP contribution in [0.4, 0.5) is 19.0 Å². The van der Waals surface area contributed by atoms with Crippen LogP contribution < -0.4 is 10.1 Å². The number of halogens is 3. The molecule has 2 heterocycles. The lowest BCUT2D eigenvalue weighted by Gasteiger charge is -2.36. The molecule has 1 N–H and O–H groups in total. The van der Waals surface area contributed by atoms with Crippen molar-refractivity contribution in [3.63, 3.8) is 0 Å². The lowest BCUT2D eigenvalue weighted by Crippen LogP contribution is -2.38. The summed E-state index contributed by atoms with van der Waals surface area (Å²) < 4.78 is 73.3. The quantitative estimate of drug-likeness (QED) is 0.206. The number of piperidine rings is 1. The molecule has 0 saturated carbocycles. The van der Waals surface area contributed by atoms with Crippen molar-refractivity contribution < 1.29 is 35.3 Å². The van der Waals surface area contributed by atoms with E-state index in [1.807, 2.05) is 24.3 Å². The van der Waals surface area contributed by atoms with Crippen LogP contribution in [0, 0.1) is 0 Å². The van der Waals surface area contributed by atoms with E-state index in [-0.39, 0.29) is 18.6 Å². The number of amides is 1. The van der Waals surface area contributed by atoms with Gasteiger partial charge in [-0.25, -0.2) is 4.98 Å². The van der Waals surface area contributed by atoms with Gasteiger partial charge in [-0.2, -0.15) is 21.6 Å². The van der Waals surface area contributed by atoms with Gasteiger partial charge in [0.2, 0.25) is 0 Å². The van der Waals surface area contributed by atoms with Gasteiger partial charge in [0.1, 0.15) is 11.6 Å². The van der Waals surface area contributed by atoms with Gasteiger partial charge in [0.15, 0.2) is 0 Å². The molecule has 1 amide bonds. The van der Waals surface area contributed by atoms with Crippen LogP contribution in [0.2, 0.25) is 0 Å². The highest BCUT2D eigenvalue weighted by Gasteiger charge is 2.32. The number of alkyl halides is 3. The van der Waals surface area contributed by atoms with E-state index in [0.29, 0.717) is 52.9 Å². The molecule has 1 unspecified atom stereocenters. The number of carbonyl (C=O) groups is 1. The summed E-state index contributed by atoms with van der Waals surface area (Å²) >= 11 is 0. The second-order valence-electron chi connectivity index (χ2n) is 10.7. The third-order valence-electron chi connectivity index (χ3n) is 7.59. The Balaban J connectivity index is 1.43. The highest BCUT2D eigenvalue weighted by Crippen LogP contribution is 2.35. The molecular formula is C32H32F3N3O5S. The summed E-state index contributed by atoms with van der Waals surface area (Å²) in [5.41, 5.74) is 2.29. The van der Waals surface area contributed by atoms with E-state index in [1.165, 1.54) is 12.1 Å². The average Bonchev–Trinajstić information content (AvgIpc) is 3.01. The maximum Gasteiger partial charge on any atom is 0.416 e. The standard InChI is InChI=1S/C32H32F3N3O5S/c1-42-26-13-6-21(7-14-26)19-36-30-18-24(20-43-44(2,40)41)27-17-23(10-15-28(27)37-30)31(39)38-16-4-3-5-29(38)22-8-11-25(12-9-22)32(33,34)35/h6-15,17-18,29H,3-5,16,19-20H2,1-2H3,(H,36,37). The molecule has 1 aliphatic heterocycles. The van der Waals surface area contributed by atoms with Crippen LogP contribution in [-0.4, -0.2) is 44.1 Å². The third-order valence-corrected chi connectivity index (χ3v) is 8.13. The maximum atomic E-state index is 13.8. The smallest absolute Gasteiger partial charge is 0.416 e. The number of ether oxygens (including phenoxy) is 1. The molecule has 3 aromatic carbocycles. The first-order valence-corrected chi connectivity index (χ1v) is 15.9. The molecule has 0 radical (unpaired) electrons. The Labute approximate surface area is 253 Å². The van der Waals surface area contributed by atoms with Gasteiger partial charge in [-0.15, -0.1) is 0 Å². The van der Waals surface area contributed by atoms with Crippen molar-refractivity contribution in [2.45, 2.75) is 44.6 Å². The fourth-order valence-corrected chi connectivity index (χ4v) is 5.67. The Morgan fingerprint density at radius 3 is 2.41 bits per heavy atom. The van der Waals surface area contributed by atoms with Gasteiger partial charge in [0, 0.05) is 24.0 Å². The number of benzene rings is 3. The van der Waals surface area contributed by atoms with Gasteiger partial charge in [0.25, 0.3) is 16.0 Å². The average molecular weight is 628 g/mol. The van der Waals surface area contributed by atoms with Crippen LogP contribution in [0.3, 0.4) is 0 Å². The number of fused-ring (bicyclic) bond motifs is 1. The van der Waals surface area contributed by atoms with E-state index < -0.39 is 21.9 Å². The molecule has 8 nitrogen and oxygen atoms in total. The monoisotopic (exact) mass is 627 g/mol. The zero-order valence-corrected chi connectivity index (χ0v) is 25.0. The first-order valence-electron chi connectivity index (χ1n) is 14.0. The Bertz CT molecular complexity index is 1740. The summed E-state index contributed by atoms with van der Waals surface area (Å²) in [5, 5.41) is 3.81. The predicted octanol–water partition coefficient (Wildman–Crippen LogP) is 6.72. The molecule has 44 heavy (non-hydrogen) atoms. The molecule has 1 atom stereocenters. The highest BCUT2D eigenvalue weighted by molar-refractivity contribution is 7.85. The van der Waals surface area contributed by atoms with Crippen LogP contribution in [0.15, 0.2) is 72.8 Å². The molecule has 232 valence electrons. The summed E-state index contributed by atoms with van der Waals surface area (Å²) in [4.78, 5) is 20.2. The van der Waals surface area contributed by atoms with E-state index in [0.717, 1.165) is 42.5 Å². The third kappa shape index (κ3) is 7.48. The van der Waals surface area contributed by atoms with Gasteiger partial charge in [-0.3, -0.25) is 8.98 Å². The Hall–Kier alpha value is -4.16. The number of pyridine rings is 1. The predicted molar refractivity (Wildman–Crippen MR) is 161 cm³/mol. The van der Waals surface area contributed by atoms with Gasteiger partial charge >= 0.3 is 6.18 Å². The number of aromatic nitrogens is 1. The number of rotatable bonds is 9. The van der Waals surface area contributed by atoms with E-state index >= 15 is 0 Å². The zero-order valence-electron chi connectivity index (χ0n) is 24.2. The number of hydrogen-bond donors (Lipinski definition) is 1. The summed E-state index contributed by atoms with van der Waals surface area (Å²) in [5.74, 6) is 0.962. The number of carbonyl (C=O) groups excluding carboxylic acids is 1. The lowest BCUT2D eigenvalue weighted by atomic mass is 9.93. The van der Waals surface area contributed by atoms with E-state index in [1.54, 1.807) is 36.3 Å². The summed E-state index contributed by atoms with van der Waals surface area (Å²) in [6, 6.07) is 18.8. The second-order valence-corrected chi connectivity index (χ2v) is 12.3. The van der Waals surface area contributed by atoms with E-state index in [4.69, 9.17) is 8.92 Å². The fraction of sp³-hybridized carbons (Fsp3) is 0.312. The van der Waals surface area contributed by atoms with Crippen molar-refractivity contribution in [3.8, 4) is 5.75 Å². The number of hydrogen-bond acceptors (Lipinski definition) is 7. The number of methoxy groups -OCH3 is 1. The van der Waals surface area contributed by atoms with Gasteiger partial charge < -0.3 is 15.0 Å². The van der Waals surface area contributed by atoms with E-state index in [2.05, 4.69) is 10.3 Å². The summed E-state index contributed by atoms with van der Waals surface area (Å²) in [6.07, 6.45) is -1.23. The van der Waals surface area contributed by atoms with Crippen molar-refractivity contribution in [1.82, 2.24) is 9.88 Å². The molecular weight excluding hydrogens is 595 g/mol. The minimum atomic E-state index is -4.44. The van der Waals surface area contributed by atoms with Crippen LogP contribution >= 0.6 is 0 Å². The van der Waals surface area contributed by atoms with Crippen LogP contribution in [-0.2, 0) is 33.6 Å². The lowest BCUT2D eigenvalue weighted by molar-refractivity contribution is -0.137. The van der Waals surface area contributed by atoms with Crippen molar-refractivity contribution in [3.05, 3.63) is 101 Å². The maximum absolute atomic E-state index is 13.8. The fourth-order valence-electron chi connectivity index (χ4n) is 5.33. The summed E-state index contributed by atoms with van der Waals surface area (Å²) in [7, 11) is -2.17. The van der Waals surface area contributed by atoms with Crippen LogP contribution in [0.25, 0.3) is 10.9 Å².